The lowest BCUT2D eigenvalue weighted by Gasteiger charge is -2.17. The van der Waals surface area contributed by atoms with E-state index in [0.717, 1.165) is 36.7 Å². The van der Waals surface area contributed by atoms with Crippen LogP contribution in [0.25, 0.3) is 0 Å². The van der Waals surface area contributed by atoms with E-state index in [2.05, 4.69) is 25.8 Å². The third-order valence-corrected chi connectivity index (χ3v) is 3.40. The maximum absolute atomic E-state index is 5.73. The van der Waals surface area contributed by atoms with E-state index in [9.17, 15) is 0 Å². The molecule has 112 valence electrons. The first-order chi connectivity index (χ1) is 9.49. The molecule has 2 N–H and O–H groups in total. The molecular formula is C16H26N2OS. The number of thiocarbonyl (C=S) groups is 1. The van der Waals surface area contributed by atoms with Gasteiger partial charge in [-0.15, -0.1) is 0 Å². The fraction of sp³-hybridized carbons (Fsp3) is 0.562. The van der Waals surface area contributed by atoms with Crippen LogP contribution in [0.1, 0.15) is 32.3 Å². The van der Waals surface area contributed by atoms with Gasteiger partial charge in [-0.3, -0.25) is 0 Å². The minimum atomic E-state index is 0.406. The van der Waals surface area contributed by atoms with Crippen molar-refractivity contribution in [3.63, 3.8) is 0 Å². The van der Waals surface area contributed by atoms with Gasteiger partial charge in [0.15, 0.2) is 0 Å². The molecule has 0 saturated carbocycles. The Balaban J connectivity index is 2.24. The minimum absolute atomic E-state index is 0.406. The van der Waals surface area contributed by atoms with Crippen molar-refractivity contribution in [1.82, 2.24) is 4.90 Å². The van der Waals surface area contributed by atoms with E-state index in [1.165, 1.54) is 6.42 Å². The van der Waals surface area contributed by atoms with Gasteiger partial charge in [-0.05, 0) is 44.5 Å². The minimum Gasteiger partial charge on any atom is -0.494 e. The lowest BCUT2D eigenvalue weighted by molar-refractivity contribution is 0.255. The zero-order chi connectivity index (χ0) is 15.0. The highest BCUT2D eigenvalue weighted by atomic mass is 32.1. The van der Waals surface area contributed by atoms with Crippen LogP contribution in [0.15, 0.2) is 24.3 Å². The molecule has 0 aromatic heterocycles. The van der Waals surface area contributed by atoms with Crippen molar-refractivity contribution < 1.29 is 4.74 Å². The predicted molar refractivity (Wildman–Crippen MR) is 89.4 cm³/mol. The summed E-state index contributed by atoms with van der Waals surface area (Å²) in [6.45, 7) is 7.43. The molecule has 1 rings (SSSR count). The summed E-state index contributed by atoms with van der Waals surface area (Å²) in [6, 6.07) is 7.64. The molecule has 4 heteroatoms. The second-order valence-electron chi connectivity index (χ2n) is 5.58. The lowest BCUT2D eigenvalue weighted by atomic mass is 10.1. The third kappa shape index (κ3) is 6.87. The smallest absolute Gasteiger partial charge is 0.119 e. The van der Waals surface area contributed by atoms with Crippen molar-refractivity contribution in [3.8, 4) is 5.75 Å². The molecule has 0 unspecified atom stereocenters. The number of nitrogens with two attached hydrogens (primary N) is 1. The second-order valence-corrected chi connectivity index (χ2v) is 6.02. The van der Waals surface area contributed by atoms with E-state index in [0.29, 0.717) is 11.6 Å². The van der Waals surface area contributed by atoms with Crippen LogP contribution >= 0.6 is 12.2 Å². The van der Waals surface area contributed by atoms with Crippen LogP contribution in [-0.2, 0) is 0 Å². The highest BCUT2D eigenvalue weighted by Crippen LogP contribution is 2.13. The molecule has 0 atom stereocenters. The van der Waals surface area contributed by atoms with Gasteiger partial charge >= 0.3 is 0 Å². The predicted octanol–water partition coefficient (Wildman–Crippen LogP) is 3.07. The first-order valence-electron chi connectivity index (χ1n) is 7.20. The molecule has 0 bridgehead atoms. The molecule has 0 aliphatic rings. The highest BCUT2D eigenvalue weighted by molar-refractivity contribution is 7.80. The van der Waals surface area contributed by atoms with E-state index in [1.807, 2.05) is 24.3 Å². The zero-order valence-electron chi connectivity index (χ0n) is 12.8. The maximum atomic E-state index is 5.73. The summed E-state index contributed by atoms with van der Waals surface area (Å²) in [5.74, 6) is 1.59. The normalized spacial score (nSPS) is 11.1. The Morgan fingerprint density at radius 2 is 2.10 bits per heavy atom. The Kier molecular flexibility index (Phi) is 7.55. The summed E-state index contributed by atoms with van der Waals surface area (Å²) in [6.07, 6.45) is 2.26. The first kappa shape index (κ1) is 16.9. The van der Waals surface area contributed by atoms with Crippen molar-refractivity contribution in [3.05, 3.63) is 29.8 Å². The molecule has 0 aliphatic carbocycles. The van der Waals surface area contributed by atoms with Crippen LogP contribution in [0.3, 0.4) is 0 Å². The standard InChI is InChI=1S/C16H26N2OS/c1-13(2)8-10-18(3)9-5-11-19-15-7-4-6-14(12-15)16(17)20/h4,6-7,12-13H,5,8-11H2,1-3H3,(H2,17,20). The van der Waals surface area contributed by atoms with Crippen LogP contribution in [0.4, 0.5) is 0 Å². The van der Waals surface area contributed by atoms with Crippen molar-refractivity contribution in [2.75, 3.05) is 26.7 Å². The van der Waals surface area contributed by atoms with Gasteiger partial charge in [0.1, 0.15) is 10.7 Å². The molecule has 1 aromatic rings. The SMILES string of the molecule is CC(C)CCN(C)CCCOc1cccc(C(N)=S)c1. The van der Waals surface area contributed by atoms with E-state index < -0.39 is 0 Å². The number of ether oxygens (including phenoxy) is 1. The summed E-state index contributed by atoms with van der Waals surface area (Å²) in [5.41, 5.74) is 6.46. The Morgan fingerprint density at radius 3 is 2.75 bits per heavy atom. The lowest BCUT2D eigenvalue weighted by Crippen LogP contribution is -2.23. The molecule has 0 spiro atoms. The van der Waals surface area contributed by atoms with Crippen molar-refractivity contribution >= 4 is 17.2 Å². The molecule has 0 heterocycles. The van der Waals surface area contributed by atoms with Gasteiger partial charge in [-0.25, -0.2) is 0 Å². The number of benzene rings is 1. The average molecular weight is 294 g/mol. The van der Waals surface area contributed by atoms with Gasteiger partial charge in [-0.1, -0.05) is 38.2 Å². The summed E-state index contributed by atoms with van der Waals surface area (Å²) in [5, 5.41) is 0. The molecule has 0 saturated heterocycles. The Hall–Kier alpha value is -1.13. The summed E-state index contributed by atoms with van der Waals surface area (Å²) >= 11 is 4.96. The summed E-state index contributed by atoms with van der Waals surface area (Å²) in [4.78, 5) is 2.76. The van der Waals surface area contributed by atoms with Gasteiger partial charge in [0.25, 0.3) is 0 Å². The average Bonchev–Trinajstić information content (AvgIpc) is 2.41. The molecule has 0 fully saturated rings. The Morgan fingerprint density at radius 1 is 1.35 bits per heavy atom. The van der Waals surface area contributed by atoms with Crippen molar-refractivity contribution in [1.29, 1.82) is 0 Å². The van der Waals surface area contributed by atoms with E-state index in [4.69, 9.17) is 22.7 Å². The molecule has 0 amide bonds. The summed E-state index contributed by atoms with van der Waals surface area (Å²) in [7, 11) is 2.16. The largest absolute Gasteiger partial charge is 0.494 e. The number of rotatable bonds is 9. The number of hydrogen-bond acceptors (Lipinski definition) is 3. The molecule has 0 radical (unpaired) electrons. The quantitative estimate of drug-likeness (QED) is 0.561. The van der Waals surface area contributed by atoms with E-state index >= 15 is 0 Å². The topological polar surface area (TPSA) is 38.5 Å². The van der Waals surface area contributed by atoms with Gasteiger partial charge in [0, 0.05) is 12.1 Å². The van der Waals surface area contributed by atoms with Crippen LogP contribution < -0.4 is 10.5 Å². The fourth-order valence-corrected chi connectivity index (χ4v) is 1.98. The highest BCUT2D eigenvalue weighted by Gasteiger charge is 2.02. The Bertz CT molecular complexity index is 421. The molecule has 1 aromatic carbocycles. The zero-order valence-corrected chi connectivity index (χ0v) is 13.6. The molecule has 3 nitrogen and oxygen atoms in total. The van der Waals surface area contributed by atoms with Crippen LogP contribution in [-0.4, -0.2) is 36.6 Å². The van der Waals surface area contributed by atoms with Crippen LogP contribution in [0, 0.1) is 5.92 Å². The van der Waals surface area contributed by atoms with Gasteiger partial charge < -0.3 is 15.4 Å². The van der Waals surface area contributed by atoms with Crippen LogP contribution in [0.2, 0.25) is 0 Å². The molecule has 0 aliphatic heterocycles. The van der Waals surface area contributed by atoms with Gasteiger partial charge in [-0.2, -0.15) is 0 Å². The molecular weight excluding hydrogens is 268 g/mol. The number of hydrogen-bond donors (Lipinski definition) is 1. The molecule has 20 heavy (non-hydrogen) atoms. The Labute approximate surface area is 128 Å². The maximum Gasteiger partial charge on any atom is 0.119 e. The first-order valence-corrected chi connectivity index (χ1v) is 7.61. The van der Waals surface area contributed by atoms with E-state index in [1.54, 1.807) is 0 Å². The van der Waals surface area contributed by atoms with E-state index in [-0.39, 0.29) is 0 Å². The van der Waals surface area contributed by atoms with Crippen molar-refractivity contribution in [2.24, 2.45) is 11.7 Å². The summed E-state index contributed by atoms with van der Waals surface area (Å²) < 4.78 is 5.73. The number of nitrogens with zero attached hydrogens (tertiary/aromatic N) is 1. The van der Waals surface area contributed by atoms with Gasteiger partial charge in [0.2, 0.25) is 0 Å². The monoisotopic (exact) mass is 294 g/mol. The van der Waals surface area contributed by atoms with Crippen molar-refractivity contribution in [2.45, 2.75) is 26.7 Å². The van der Waals surface area contributed by atoms with Crippen LogP contribution in [0.5, 0.6) is 5.75 Å². The third-order valence-electron chi connectivity index (χ3n) is 3.16. The fourth-order valence-electron chi connectivity index (χ4n) is 1.85. The van der Waals surface area contributed by atoms with Gasteiger partial charge in [0.05, 0.1) is 6.61 Å². The second kappa shape index (κ2) is 8.93.